The molecule has 28 heavy (non-hydrogen) atoms. The molecule has 0 bridgehead atoms. The molecule has 1 aliphatic heterocycles. The lowest BCUT2D eigenvalue weighted by atomic mass is 10.0. The van der Waals surface area contributed by atoms with E-state index in [2.05, 4.69) is 30.5 Å². The molecule has 0 aliphatic carbocycles. The molecule has 1 N–H and O–H groups in total. The van der Waals surface area contributed by atoms with Gasteiger partial charge >= 0.3 is 0 Å². The van der Waals surface area contributed by atoms with Crippen LogP contribution in [0.15, 0.2) is 23.0 Å². The molecular formula is C18H19N7OS2. The minimum absolute atomic E-state index is 0.00568. The van der Waals surface area contributed by atoms with Crippen molar-refractivity contribution in [3.63, 3.8) is 0 Å². The van der Waals surface area contributed by atoms with Crippen molar-refractivity contribution in [2.75, 3.05) is 18.4 Å². The maximum atomic E-state index is 12.5. The van der Waals surface area contributed by atoms with E-state index in [1.165, 1.54) is 11.3 Å². The Morgan fingerprint density at radius 1 is 1.29 bits per heavy atom. The minimum Gasteiger partial charge on any atom is -0.338 e. The highest BCUT2D eigenvalue weighted by Crippen LogP contribution is 2.28. The van der Waals surface area contributed by atoms with E-state index in [1.54, 1.807) is 29.0 Å². The summed E-state index contributed by atoms with van der Waals surface area (Å²) in [4.78, 5) is 27.7. The highest BCUT2D eigenvalue weighted by molar-refractivity contribution is 7.13. The second kappa shape index (κ2) is 8.11. The van der Waals surface area contributed by atoms with E-state index in [1.807, 2.05) is 30.2 Å². The number of nitrogens with zero attached hydrogens (tertiary/aromatic N) is 6. The number of thiazole rings is 1. The molecule has 0 unspecified atom stereocenters. The number of carbonyl (C=O) groups is 1. The van der Waals surface area contributed by atoms with Crippen LogP contribution in [0.1, 0.15) is 34.6 Å². The molecule has 144 valence electrons. The van der Waals surface area contributed by atoms with E-state index in [4.69, 9.17) is 0 Å². The monoisotopic (exact) mass is 413 g/mol. The average Bonchev–Trinajstić information content (AvgIpc) is 3.41. The number of rotatable bonds is 5. The van der Waals surface area contributed by atoms with Gasteiger partial charge in [0.25, 0.3) is 0 Å². The molecule has 0 saturated carbocycles. The van der Waals surface area contributed by atoms with Crippen LogP contribution < -0.4 is 5.32 Å². The molecule has 1 saturated heterocycles. The number of amides is 1. The predicted molar refractivity (Wildman–Crippen MR) is 110 cm³/mol. The van der Waals surface area contributed by atoms with Gasteiger partial charge in [-0.25, -0.2) is 15.0 Å². The van der Waals surface area contributed by atoms with Crippen molar-refractivity contribution < 1.29 is 4.79 Å². The van der Waals surface area contributed by atoms with Crippen molar-refractivity contribution in [1.82, 2.24) is 30.0 Å². The van der Waals surface area contributed by atoms with Crippen molar-refractivity contribution in [2.24, 2.45) is 0 Å². The van der Waals surface area contributed by atoms with Gasteiger partial charge in [-0.2, -0.15) is 0 Å². The van der Waals surface area contributed by atoms with E-state index in [0.717, 1.165) is 22.8 Å². The molecule has 0 spiro atoms. The van der Waals surface area contributed by atoms with Gasteiger partial charge in [-0.15, -0.1) is 21.5 Å². The molecule has 4 heterocycles. The topological polar surface area (TPSA) is 96.8 Å². The first-order chi connectivity index (χ1) is 13.6. The predicted octanol–water partition coefficient (Wildman–Crippen LogP) is 3.17. The van der Waals surface area contributed by atoms with Gasteiger partial charge in [0, 0.05) is 36.5 Å². The Morgan fingerprint density at radius 2 is 2.18 bits per heavy atom. The minimum atomic E-state index is 0.00568. The van der Waals surface area contributed by atoms with Crippen LogP contribution in [0.5, 0.6) is 0 Å². The molecule has 1 atom stereocenters. The fraction of sp³-hybridized carbons (Fsp3) is 0.333. The first-order valence-corrected chi connectivity index (χ1v) is 10.6. The zero-order valence-electron chi connectivity index (χ0n) is 15.5. The zero-order chi connectivity index (χ0) is 19.5. The highest BCUT2D eigenvalue weighted by Gasteiger charge is 2.27. The van der Waals surface area contributed by atoms with E-state index < -0.39 is 0 Å². The van der Waals surface area contributed by atoms with Gasteiger partial charge in [-0.1, -0.05) is 11.3 Å². The molecule has 1 fully saturated rings. The van der Waals surface area contributed by atoms with Crippen LogP contribution in [0.25, 0.3) is 6.08 Å². The number of carbonyl (C=O) groups excluding carboxylic acids is 1. The lowest BCUT2D eigenvalue weighted by Gasteiger charge is -2.15. The number of aromatic nitrogens is 5. The van der Waals surface area contributed by atoms with Crippen LogP contribution in [0.2, 0.25) is 0 Å². The third-order valence-electron chi connectivity index (χ3n) is 4.40. The van der Waals surface area contributed by atoms with Gasteiger partial charge < -0.3 is 10.2 Å². The van der Waals surface area contributed by atoms with Crippen LogP contribution in [0, 0.1) is 13.8 Å². The number of likely N-dealkylation sites (tertiary alicyclic amines) is 1. The Hall–Kier alpha value is -2.72. The van der Waals surface area contributed by atoms with Crippen molar-refractivity contribution in [1.29, 1.82) is 0 Å². The number of anilines is 2. The van der Waals surface area contributed by atoms with Crippen LogP contribution in [-0.4, -0.2) is 49.0 Å². The van der Waals surface area contributed by atoms with E-state index >= 15 is 0 Å². The van der Waals surface area contributed by atoms with Gasteiger partial charge in [0.1, 0.15) is 17.2 Å². The van der Waals surface area contributed by atoms with Gasteiger partial charge in [0.15, 0.2) is 0 Å². The molecule has 4 rings (SSSR count). The Labute approximate surface area is 170 Å². The number of hydrogen-bond donors (Lipinski definition) is 1. The number of nitrogens with one attached hydrogen (secondary N) is 1. The van der Waals surface area contributed by atoms with Crippen molar-refractivity contribution in [2.45, 2.75) is 26.2 Å². The van der Waals surface area contributed by atoms with Gasteiger partial charge in [-0.05, 0) is 26.3 Å². The van der Waals surface area contributed by atoms with Crippen molar-refractivity contribution in [3.05, 3.63) is 45.3 Å². The lowest BCUT2D eigenvalue weighted by molar-refractivity contribution is -0.124. The second-order valence-electron chi connectivity index (χ2n) is 6.49. The first kappa shape index (κ1) is 18.6. The van der Waals surface area contributed by atoms with Gasteiger partial charge in [-0.3, -0.25) is 4.79 Å². The Bertz CT molecular complexity index is 999. The molecule has 0 aromatic carbocycles. The summed E-state index contributed by atoms with van der Waals surface area (Å²) in [7, 11) is 0. The SMILES string of the molecule is Cc1nc(Nc2nncs2)cc([C@H]2CCN(C(=O)/C=C/c3csc(C)n3)C2)n1. The summed E-state index contributed by atoms with van der Waals surface area (Å²) < 4.78 is 0. The quantitative estimate of drug-likeness (QED) is 0.642. The fourth-order valence-electron chi connectivity index (χ4n) is 3.12. The summed E-state index contributed by atoms with van der Waals surface area (Å²) in [6, 6.07) is 1.93. The smallest absolute Gasteiger partial charge is 0.246 e. The Morgan fingerprint density at radius 3 is 2.93 bits per heavy atom. The fourth-order valence-corrected chi connectivity index (χ4v) is 4.15. The van der Waals surface area contributed by atoms with Gasteiger partial charge in [0.05, 0.1) is 16.4 Å². The third-order valence-corrected chi connectivity index (χ3v) is 5.80. The zero-order valence-corrected chi connectivity index (χ0v) is 17.1. The molecular weight excluding hydrogens is 394 g/mol. The Kier molecular flexibility index (Phi) is 5.40. The maximum absolute atomic E-state index is 12.5. The summed E-state index contributed by atoms with van der Waals surface area (Å²) in [6.45, 7) is 5.18. The van der Waals surface area contributed by atoms with Crippen molar-refractivity contribution >= 4 is 45.6 Å². The van der Waals surface area contributed by atoms with Crippen LogP contribution in [-0.2, 0) is 4.79 Å². The molecule has 1 aliphatic rings. The second-order valence-corrected chi connectivity index (χ2v) is 8.38. The van der Waals surface area contributed by atoms with Crippen LogP contribution in [0.4, 0.5) is 10.9 Å². The number of hydrogen-bond acceptors (Lipinski definition) is 9. The van der Waals surface area contributed by atoms with Crippen molar-refractivity contribution in [3.8, 4) is 0 Å². The summed E-state index contributed by atoms with van der Waals surface area (Å²) >= 11 is 2.99. The third kappa shape index (κ3) is 4.39. The maximum Gasteiger partial charge on any atom is 0.246 e. The summed E-state index contributed by atoms with van der Waals surface area (Å²) in [6.07, 6.45) is 4.26. The summed E-state index contributed by atoms with van der Waals surface area (Å²) in [5.74, 6) is 1.58. The molecule has 3 aromatic rings. The summed E-state index contributed by atoms with van der Waals surface area (Å²) in [5.41, 5.74) is 3.43. The van der Waals surface area contributed by atoms with Crippen LogP contribution >= 0.6 is 22.7 Å². The average molecular weight is 414 g/mol. The summed E-state index contributed by atoms with van der Waals surface area (Å²) in [5, 5.41) is 14.6. The number of aryl methyl sites for hydroxylation is 2. The lowest BCUT2D eigenvalue weighted by Crippen LogP contribution is -2.26. The van der Waals surface area contributed by atoms with E-state index in [-0.39, 0.29) is 11.8 Å². The molecule has 8 nitrogen and oxygen atoms in total. The van der Waals surface area contributed by atoms with Gasteiger partial charge in [0.2, 0.25) is 11.0 Å². The van der Waals surface area contributed by atoms with E-state index in [0.29, 0.717) is 29.9 Å². The molecule has 0 radical (unpaired) electrons. The Balaban J connectivity index is 1.42. The highest BCUT2D eigenvalue weighted by atomic mass is 32.1. The molecule has 10 heteroatoms. The normalized spacial score (nSPS) is 16.8. The first-order valence-electron chi connectivity index (χ1n) is 8.85. The molecule has 1 amide bonds. The molecule has 3 aromatic heterocycles. The van der Waals surface area contributed by atoms with E-state index in [9.17, 15) is 4.79 Å². The van der Waals surface area contributed by atoms with Crippen LogP contribution in [0.3, 0.4) is 0 Å². The standard InChI is InChI=1S/C18H19N7OS2/c1-11-20-15(7-16(21-11)23-18-24-19-10-28-18)13-5-6-25(8-13)17(26)4-3-14-9-27-12(2)22-14/h3-4,7,9-10,13H,5-6,8H2,1-2H3,(H,20,21,23,24)/b4-3+/t13-/m0/s1. The largest absolute Gasteiger partial charge is 0.338 e.